The third-order valence-electron chi connectivity index (χ3n) is 3.30. The van der Waals surface area contributed by atoms with E-state index in [4.69, 9.17) is 4.74 Å². The number of nitrogens with one attached hydrogen (secondary N) is 2. The standard InChI is InChI=1S/C11H22N2O/c1-11(3-4-11)9-13-5-2-10-8-12-6-7-14-10/h10,12-13H,2-9H2,1H3. The molecular weight excluding hydrogens is 176 g/mol. The van der Waals surface area contributed by atoms with Crippen LogP contribution in [0, 0.1) is 5.41 Å². The lowest BCUT2D eigenvalue weighted by Gasteiger charge is -2.23. The zero-order chi connectivity index (χ0) is 9.86. The second-order valence-corrected chi connectivity index (χ2v) is 4.97. The van der Waals surface area contributed by atoms with Crippen LogP contribution in [0.3, 0.4) is 0 Å². The third kappa shape index (κ3) is 3.23. The van der Waals surface area contributed by atoms with Crippen molar-refractivity contribution in [3.8, 4) is 0 Å². The van der Waals surface area contributed by atoms with Crippen LogP contribution in [-0.2, 0) is 4.74 Å². The molecule has 2 rings (SSSR count). The van der Waals surface area contributed by atoms with Crippen LogP contribution in [0.4, 0.5) is 0 Å². The lowest BCUT2D eigenvalue weighted by molar-refractivity contribution is 0.0237. The van der Waals surface area contributed by atoms with E-state index >= 15 is 0 Å². The number of morpholine rings is 1. The summed E-state index contributed by atoms with van der Waals surface area (Å²) in [5, 5.41) is 6.88. The highest BCUT2D eigenvalue weighted by Gasteiger charge is 2.36. The largest absolute Gasteiger partial charge is 0.376 e. The molecular formula is C11H22N2O. The highest BCUT2D eigenvalue weighted by Crippen LogP contribution is 2.43. The van der Waals surface area contributed by atoms with Crippen LogP contribution in [-0.4, -0.2) is 38.9 Å². The van der Waals surface area contributed by atoms with Gasteiger partial charge in [0.1, 0.15) is 0 Å². The van der Waals surface area contributed by atoms with Gasteiger partial charge in [0.15, 0.2) is 0 Å². The fourth-order valence-electron chi connectivity index (χ4n) is 1.85. The molecule has 3 heteroatoms. The molecule has 2 fully saturated rings. The molecule has 0 aromatic heterocycles. The zero-order valence-electron chi connectivity index (χ0n) is 9.14. The first-order chi connectivity index (χ1) is 6.79. The molecule has 1 atom stereocenters. The van der Waals surface area contributed by atoms with Crippen molar-refractivity contribution < 1.29 is 4.74 Å². The van der Waals surface area contributed by atoms with Gasteiger partial charge in [-0.1, -0.05) is 6.92 Å². The van der Waals surface area contributed by atoms with Crippen LogP contribution >= 0.6 is 0 Å². The maximum atomic E-state index is 5.62. The Hall–Kier alpha value is -0.120. The van der Waals surface area contributed by atoms with Gasteiger partial charge in [0, 0.05) is 19.6 Å². The fourth-order valence-corrected chi connectivity index (χ4v) is 1.85. The second-order valence-electron chi connectivity index (χ2n) is 4.97. The van der Waals surface area contributed by atoms with E-state index in [1.807, 2.05) is 0 Å². The summed E-state index contributed by atoms with van der Waals surface area (Å²) in [4.78, 5) is 0. The summed E-state index contributed by atoms with van der Waals surface area (Å²) in [6.45, 7) is 7.57. The normalized spacial score (nSPS) is 30.2. The average Bonchev–Trinajstić information content (AvgIpc) is 2.94. The van der Waals surface area contributed by atoms with Gasteiger partial charge in [-0.2, -0.15) is 0 Å². The minimum absolute atomic E-state index is 0.434. The minimum Gasteiger partial charge on any atom is -0.376 e. The summed E-state index contributed by atoms with van der Waals surface area (Å²) in [7, 11) is 0. The molecule has 1 heterocycles. The summed E-state index contributed by atoms with van der Waals surface area (Å²) in [6.07, 6.45) is 4.38. The van der Waals surface area contributed by atoms with Crippen molar-refractivity contribution in [3.63, 3.8) is 0 Å². The van der Waals surface area contributed by atoms with E-state index in [1.165, 1.54) is 19.4 Å². The summed E-state index contributed by atoms with van der Waals surface area (Å²) in [5.41, 5.74) is 0.631. The monoisotopic (exact) mass is 198 g/mol. The molecule has 1 unspecified atom stereocenters. The summed E-state index contributed by atoms with van der Waals surface area (Å²) in [5.74, 6) is 0. The van der Waals surface area contributed by atoms with Crippen LogP contribution in [0.15, 0.2) is 0 Å². The highest BCUT2D eigenvalue weighted by atomic mass is 16.5. The lowest BCUT2D eigenvalue weighted by Crippen LogP contribution is -2.40. The molecule has 0 aromatic rings. The molecule has 1 aliphatic carbocycles. The first-order valence-electron chi connectivity index (χ1n) is 5.82. The predicted octanol–water partition coefficient (Wildman–Crippen LogP) is 0.755. The SMILES string of the molecule is CC1(CNCCC2CNCCO2)CC1. The van der Waals surface area contributed by atoms with Crippen molar-refractivity contribution >= 4 is 0 Å². The molecule has 0 amide bonds. The van der Waals surface area contributed by atoms with Gasteiger partial charge < -0.3 is 15.4 Å². The van der Waals surface area contributed by atoms with Crippen LogP contribution in [0.1, 0.15) is 26.2 Å². The Morgan fingerprint density at radius 1 is 1.50 bits per heavy atom. The molecule has 2 N–H and O–H groups in total. The first kappa shape index (κ1) is 10.4. The second kappa shape index (κ2) is 4.60. The maximum absolute atomic E-state index is 5.62. The molecule has 2 aliphatic rings. The number of hydrogen-bond donors (Lipinski definition) is 2. The summed E-state index contributed by atoms with van der Waals surface area (Å²) in [6, 6.07) is 0. The number of hydrogen-bond acceptors (Lipinski definition) is 3. The predicted molar refractivity (Wildman–Crippen MR) is 57.4 cm³/mol. The Balaban J connectivity index is 1.49. The summed E-state index contributed by atoms with van der Waals surface area (Å²) >= 11 is 0. The average molecular weight is 198 g/mol. The molecule has 82 valence electrons. The van der Waals surface area contributed by atoms with Crippen molar-refractivity contribution in [1.82, 2.24) is 10.6 Å². The van der Waals surface area contributed by atoms with E-state index in [1.54, 1.807) is 0 Å². The van der Waals surface area contributed by atoms with E-state index in [0.717, 1.165) is 32.7 Å². The Bertz CT molecular complexity index is 174. The molecule has 0 radical (unpaired) electrons. The molecule has 0 aromatic carbocycles. The van der Waals surface area contributed by atoms with Crippen molar-refractivity contribution in [3.05, 3.63) is 0 Å². The lowest BCUT2D eigenvalue weighted by atomic mass is 10.1. The van der Waals surface area contributed by atoms with Crippen molar-refractivity contribution in [2.75, 3.05) is 32.8 Å². The van der Waals surface area contributed by atoms with Crippen molar-refractivity contribution in [1.29, 1.82) is 0 Å². The Labute approximate surface area is 86.6 Å². The fraction of sp³-hybridized carbons (Fsp3) is 1.00. The number of rotatable bonds is 5. The van der Waals surface area contributed by atoms with Gasteiger partial charge >= 0.3 is 0 Å². The van der Waals surface area contributed by atoms with Crippen LogP contribution in [0.25, 0.3) is 0 Å². The third-order valence-corrected chi connectivity index (χ3v) is 3.30. The number of ether oxygens (including phenoxy) is 1. The van der Waals surface area contributed by atoms with Crippen LogP contribution < -0.4 is 10.6 Å². The molecule has 0 spiro atoms. The molecule has 1 saturated carbocycles. The molecule has 1 aliphatic heterocycles. The zero-order valence-corrected chi connectivity index (χ0v) is 9.14. The minimum atomic E-state index is 0.434. The summed E-state index contributed by atoms with van der Waals surface area (Å²) < 4.78 is 5.62. The van der Waals surface area contributed by atoms with E-state index in [9.17, 15) is 0 Å². The van der Waals surface area contributed by atoms with Gasteiger partial charge in [0.05, 0.1) is 12.7 Å². The molecule has 3 nitrogen and oxygen atoms in total. The Kier molecular flexibility index (Phi) is 3.42. The van der Waals surface area contributed by atoms with Crippen molar-refractivity contribution in [2.24, 2.45) is 5.41 Å². The van der Waals surface area contributed by atoms with E-state index in [2.05, 4.69) is 17.6 Å². The Morgan fingerprint density at radius 2 is 2.36 bits per heavy atom. The quantitative estimate of drug-likeness (QED) is 0.640. The van der Waals surface area contributed by atoms with E-state index < -0.39 is 0 Å². The van der Waals surface area contributed by atoms with E-state index in [0.29, 0.717) is 11.5 Å². The van der Waals surface area contributed by atoms with Gasteiger partial charge in [0.2, 0.25) is 0 Å². The molecule has 0 bridgehead atoms. The van der Waals surface area contributed by atoms with Crippen molar-refractivity contribution in [2.45, 2.75) is 32.3 Å². The maximum Gasteiger partial charge on any atom is 0.0712 e. The first-order valence-corrected chi connectivity index (χ1v) is 5.82. The Morgan fingerprint density at radius 3 is 3.00 bits per heavy atom. The van der Waals surface area contributed by atoms with Gasteiger partial charge in [-0.25, -0.2) is 0 Å². The van der Waals surface area contributed by atoms with Gasteiger partial charge in [-0.05, 0) is 31.2 Å². The molecule has 14 heavy (non-hydrogen) atoms. The van der Waals surface area contributed by atoms with Gasteiger partial charge in [-0.15, -0.1) is 0 Å². The highest BCUT2D eigenvalue weighted by molar-refractivity contribution is 4.90. The van der Waals surface area contributed by atoms with Crippen LogP contribution in [0.5, 0.6) is 0 Å². The molecule has 1 saturated heterocycles. The van der Waals surface area contributed by atoms with Gasteiger partial charge in [-0.3, -0.25) is 0 Å². The van der Waals surface area contributed by atoms with Gasteiger partial charge in [0.25, 0.3) is 0 Å². The smallest absolute Gasteiger partial charge is 0.0712 e. The van der Waals surface area contributed by atoms with Crippen LogP contribution in [0.2, 0.25) is 0 Å². The van der Waals surface area contributed by atoms with E-state index in [-0.39, 0.29) is 0 Å². The topological polar surface area (TPSA) is 33.3 Å².